The number of anilines is 1. The Kier molecular flexibility index (Phi) is 3.60. The number of pyridine rings is 1. The summed E-state index contributed by atoms with van der Waals surface area (Å²) in [6.45, 7) is 4.75. The molecule has 0 atom stereocenters. The van der Waals surface area contributed by atoms with Gasteiger partial charge >= 0.3 is 0 Å². The van der Waals surface area contributed by atoms with Crippen molar-refractivity contribution in [2.24, 2.45) is 0 Å². The highest BCUT2D eigenvalue weighted by Gasteiger charge is 2.24. The van der Waals surface area contributed by atoms with E-state index < -0.39 is 0 Å². The van der Waals surface area contributed by atoms with E-state index >= 15 is 0 Å². The standard InChI is InChI=1S/C17H18N6O/c1-13-3-6-23-12-14(20-15(23)11-13)16(24)21-7-9-22(10-8-21)17-18-4-2-5-19-17/h2-6,11-12H,7-10H2,1H3. The molecule has 7 heteroatoms. The molecule has 0 bridgehead atoms. The van der Waals surface area contributed by atoms with E-state index in [4.69, 9.17) is 0 Å². The van der Waals surface area contributed by atoms with Gasteiger partial charge in [-0.15, -0.1) is 0 Å². The quantitative estimate of drug-likeness (QED) is 0.713. The van der Waals surface area contributed by atoms with Crippen LogP contribution >= 0.6 is 0 Å². The maximum absolute atomic E-state index is 12.7. The summed E-state index contributed by atoms with van der Waals surface area (Å²) in [7, 11) is 0. The van der Waals surface area contributed by atoms with Gasteiger partial charge in [-0.05, 0) is 30.7 Å². The van der Waals surface area contributed by atoms with E-state index in [2.05, 4.69) is 19.9 Å². The van der Waals surface area contributed by atoms with Gasteiger partial charge in [0.2, 0.25) is 5.95 Å². The molecule has 0 unspecified atom stereocenters. The Morgan fingerprint density at radius 2 is 1.88 bits per heavy atom. The number of hydrogen-bond acceptors (Lipinski definition) is 5. The van der Waals surface area contributed by atoms with Crippen molar-refractivity contribution in [1.82, 2.24) is 24.3 Å². The van der Waals surface area contributed by atoms with Gasteiger partial charge in [0.15, 0.2) is 0 Å². The summed E-state index contributed by atoms with van der Waals surface area (Å²) in [6, 6.07) is 5.78. The van der Waals surface area contributed by atoms with Crippen LogP contribution in [0.1, 0.15) is 16.1 Å². The Balaban J connectivity index is 1.47. The molecule has 1 aliphatic heterocycles. The Morgan fingerprint density at radius 1 is 1.12 bits per heavy atom. The predicted molar refractivity (Wildman–Crippen MR) is 90.1 cm³/mol. The zero-order chi connectivity index (χ0) is 16.5. The van der Waals surface area contributed by atoms with Crippen LogP contribution in [-0.4, -0.2) is 56.3 Å². The first-order valence-electron chi connectivity index (χ1n) is 7.97. The number of amides is 1. The predicted octanol–water partition coefficient (Wildman–Crippen LogP) is 1.40. The molecule has 7 nitrogen and oxygen atoms in total. The molecule has 0 aliphatic carbocycles. The van der Waals surface area contributed by atoms with Gasteiger partial charge in [-0.25, -0.2) is 15.0 Å². The van der Waals surface area contributed by atoms with Crippen LogP contribution in [0.5, 0.6) is 0 Å². The first-order valence-corrected chi connectivity index (χ1v) is 7.97. The summed E-state index contributed by atoms with van der Waals surface area (Å²) < 4.78 is 1.88. The number of rotatable bonds is 2. The molecule has 1 amide bonds. The van der Waals surface area contributed by atoms with Crippen LogP contribution < -0.4 is 4.90 Å². The summed E-state index contributed by atoms with van der Waals surface area (Å²) in [4.78, 5) is 29.6. The summed E-state index contributed by atoms with van der Waals surface area (Å²) in [5.74, 6) is 0.692. The summed E-state index contributed by atoms with van der Waals surface area (Å²) in [6.07, 6.45) is 7.19. The molecule has 0 radical (unpaired) electrons. The average Bonchev–Trinajstić information content (AvgIpc) is 3.05. The third kappa shape index (κ3) is 2.68. The molecule has 1 saturated heterocycles. The highest BCUT2D eigenvalue weighted by atomic mass is 16.2. The van der Waals surface area contributed by atoms with Crippen LogP contribution in [0.3, 0.4) is 0 Å². The Labute approximate surface area is 139 Å². The van der Waals surface area contributed by atoms with Gasteiger partial charge in [0.1, 0.15) is 11.3 Å². The second-order valence-electron chi connectivity index (χ2n) is 5.92. The Bertz CT molecular complexity index is 867. The van der Waals surface area contributed by atoms with Crippen molar-refractivity contribution < 1.29 is 4.79 Å². The van der Waals surface area contributed by atoms with Crippen molar-refractivity contribution in [2.75, 3.05) is 31.1 Å². The van der Waals surface area contributed by atoms with E-state index in [-0.39, 0.29) is 5.91 Å². The third-order valence-electron chi connectivity index (χ3n) is 4.24. The normalized spacial score (nSPS) is 15.0. The summed E-state index contributed by atoms with van der Waals surface area (Å²) >= 11 is 0. The van der Waals surface area contributed by atoms with E-state index in [0.29, 0.717) is 24.7 Å². The van der Waals surface area contributed by atoms with Gasteiger partial charge in [-0.2, -0.15) is 0 Å². The number of nitrogens with zero attached hydrogens (tertiary/aromatic N) is 6. The van der Waals surface area contributed by atoms with E-state index in [0.717, 1.165) is 24.3 Å². The van der Waals surface area contributed by atoms with Crippen molar-refractivity contribution in [3.05, 3.63) is 54.2 Å². The third-order valence-corrected chi connectivity index (χ3v) is 4.24. The molecule has 0 N–H and O–H groups in total. The van der Waals surface area contributed by atoms with Gasteiger partial charge in [0, 0.05) is 51.0 Å². The van der Waals surface area contributed by atoms with E-state index in [9.17, 15) is 4.79 Å². The molecule has 122 valence electrons. The highest BCUT2D eigenvalue weighted by Crippen LogP contribution is 2.14. The molecule has 3 aromatic heterocycles. The molecule has 4 rings (SSSR count). The van der Waals surface area contributed by atoms with Crippen LogP contribution in [0.2, 0.25) is 0 Å². The minimum absolute atomic E-state index is 0.0232. The number of piperazine rings is 1. The first kappa shape index (κ1) is 14.6. The minimum Gasteiger partial charge on any atom is -0.337 e. The minimum atomic E-state index is -0.0232. The molecular formula is C17H18N6O. The molecular weight excluding hydrogens is 304 g/mol. The fourth-order valence-electron chi connectivity index (χ4n) is 2.91. The zero-order valence-electron chi connectivity index (χ0n) is 13.5. The Hall–Kier alpha value is -2.96. The van der Waals surface area contributed by atoms with Gasteiger partial charge in [0.25, 0.3) is 5.91 Å². The van der Waals surface area contributed by atoms with E-state index in [1.165, 1.54) is 0 Å². The van der Waals surface area contributed by atoms with Gasteiger partial charge in [-0.3, -0.25) is 4.79 Å². The molecule has 0 spiro atoms. The number of fused-ring (bicyclic) bond motifs is 1. The molecule has 1 aliphatic rings. The van der Waals surface area contributed by atoms with Crippen LogP contribution in [0, 0.1) is 6.92 Å². The van der Waals surface area contributed by atoms with E-state index in [1.807, 2.05) is 34.6 Å². The lowest BCUT2D eigenvalue weighted by atomic mass is 10.3. The van der Waals surface area contributed by atoms with Crippen LogP contribution in [0.25, 0.3) is 5.65 Å². The second-order valence-corrected chi connectivity index (χ2v) is 5.92. The average molecular weight is 322 g/mol. The second kappa shape index (κ2) is 5.92. The van der Waals surface area contributed by atoms with Crippen LogP contribution in [-0.2, 0) is 0 Å². The lowest BCUT2D eigenvalue weighted by Crippen LogP contribution is -2.49. The largest absolute Gasteiger partial charge is 0.337 e. The topological polar surface area (TPSA) is 66.6 Å². The summed E-state index contributed by atoms with van der Waals surface area (Å²) in [5.41, 5.74) is 2.42. The fourth-order valence-corrected chi connectivity index (χ4v) is 2.91. The number of imidazole rings is 1. The van der Waals surface area contributed by atoms with Crippen LogP contribution in [0.15, 0.2) is 43.0 Å². The number of hydrogen-bond donors (Lipinski definition) is 0. The maximum atomic E-state index is 12.7. The van der Waals surface area contributed by atoms with Crippen molar-refractivity contribution in [1.29, 1.82) is 0 Å². The van der Waals surface area contributed by atoms with Gasteiger partial charge < -0.3 is 14.2 Å². The number of aromatic nitrogens is 4. The van der Waals surface area contributed by atoms with Gasteiger partial charge in [0.05, 0.1) is 0 Å². The molecule has 3 aromatic rings. The summed E-state index contributed by atoms with van der Waals surface area (Å²) in [5, 5.41) is 0. The molecule has 1 fully saturated rings. The molecule has 24 heavy (non-hydrogen) atoms. The Morgan fingerprint density at radius 3 is 2.62 bits per heavy atom. The monoisotopic (exact) mass is 322 g/mol. The SMILES string of the molecule is Cc1ccn2cc(C(=O)N3CCN(c4ncccn4)CC3)nc2c1. The van der Waals surface area contributed by atoms with Crippen LogP contribution in [0.4, 0.5) is 5.95 Å². The van der Waals surface area contributed by atoms with Gasteiger partial charge in [-0.1, -0.05) is 0 Å². The van der Waals surface area contributed by atoms with Crippen molar-refractivity contribution in [3.63, 3.8) is 0 Å². The lowest BCUT2D eigenvalue weighted by molar-refractivity contribution is 0.0741. The first-order chi connectivity index (χ1) is 11.7. The number of carbonyl (C=O) groups excluding carboxylic acids is 1. The maximum Gasteiger partial charge on any atom is 0.274 e. The smallest absolute Gasteiger partial charge is 0.274 e. The van der Waals surface area contributed by atoms with Crippen molar-refractivity contribution in [3.8, 4) is 0 Å². The zero-order valence-corrected chi connectivity index (χ0v) is 13.5. The fraction of sp³-hybridized carbons (Fsp3) is 0.294. The highest BCUT2D eigenvalue weighted by molar-refractivity contribution is 5.93. The lowest BCUT2D eigenvalue weighted by Gasteiger charge is -2.34. The van der Waals surface area contributed by atoms with Crippen molar-refractivity contribution in [2.45, 2.75) is 6.92 Å². The van der Waals surface area contributed by atoms with E-state index in [1.54, 1.807) is 24.7 Å². The molecule has 0 saturated carbocycles. The molecule has 4 heterocycles. The number of aryl methyl sites for hydroxylation is 1. The van der Waals surface area contributed by atoms with Crippen molar-refractivity contribution >= 4 is 17.5 Å². The molecule has 0 aromatic carbocycles. The number of carbonyl (C=O) groups is 1.